The number of nitrogens with one attached hydrogen (secondary N) is 2. The van der Waals surface area contributed by atoms with Crippen LogP contribution in [0.15, 0.2) is 39.9 Å². The number of ether oxygens (including phenoxy) is 1. The van der Waals surface area contributed by atoms with E-state index in [2.05, 4.69) is 25.3 Å². The summed E-state index contributed by atoms with van der Waals surface area (Å²) in [6, 6.07) is 5.79. The highest BCUT2D eigenvalue weighted by atomic mass is 127. The minimum absolute atomic E-state index is 0. The second-order valence-corrected chi connectivity index (χ2v) is 7.16. The zero-order chi connectivity index (χ0) is 20.8. The van der Waals surface area contributed by atoms with Crippen LogP contribution in [0.25, 0.3) is 0 Å². The van der Waals surface area contributed by atoms with Gasteiger partial charge in [-0.15, -0.1) is 37.1 Å². The van der Waals surface area contributed by atoms with Crippen molar-refractivity contribution in [3.63, 3.8) is 0 Å². The highest BCUT2D eigenvalue weighted by molar-refractivity contribution is 14.0. The maximum atomic E-state index is 12.2. The Morgan fingerprint density at radius 2 is 1.79 bits per heavy atom. The number of aromatic nitrogens is 1. The van der Waals surface area contributed by atoms with E-state index in [0.29, 0.717) is 31.4 Å². The van der Waals surface area contributed by atoms with Crippen molar-refractivity contribution in [3.8, 4) is 5.75 Å². The summed E-state index contributed by atoms with van der Waals surface area (Å²) >= 11 is 0. The predicted molar refractivity (Wildman–Crippen MR) is 116 cm³/mol. The topological polar surface area (TPSA) is 71.7 Å². The molecule has 0 amide bonds. The van der Waals surface area contributed by atoms with Gasteiger partial charge in [-0.2, -0.15) is 0 Å². The number of aliphatic imine (C=N–C) groups is 1. The van der Waals surface area contributed by atoms with Gasteiger partial charge in [-0.05, 0) is 24.1 Å². The van der Waals surface area contributed by atoms with E-state index in [1.54, 1.807) is 25.4 Å². The fourth-order valence-corrected chi connectivity index (χ4v) is 2.30. The number of guanidine groups is 1. The van der Waals surface area contributed by atoms with Gasteiger partial charge in [0, 0.05) is 19.0 Å². The van der Waals surface area contributed by atoms with Gasteiger partial charge in [-0.25, -0.2) is 4.98 Å². The van der Waals surface area contributed by atoms with Crippen molar-refractivity contribution in [3.05, 3.63) is 47.7 Å². The lowest BCUT2D eigenvalue weighted by atomic mass is 9.94. The quantitative estimate of drug-likeness (QED) is 0.332. The SMILES string of the molecule is CN=C(NCCc1ccc(OC(F)(F)F)cc1)NCc1ncc(C(C)(C)C)o1.I. The molecule has 0 spiro atoms. The summed E-state index contributed by atoms with van der Waals surface area (Å²) in [6.07, 6.45) is -2.35. The van der Waals surface area contributed by atoms with Crippen LogP contribution in [-0.4, -0.2) is 30.9 Å². The van der Waals surface area contributed by atoms with Crippen molar-refractivity contribution in [1.82, 2.24) is 15.6 Å². The number of hydrogen-bond donors (Lipinski definition) is 2. The van der Waals surface area contributed by atoms with Crippen LogP contribution < -0.4 is 15.4 Å². The Bertz CT molecular complexity index is 784. The molecule has 0 atom stereocenters. The molecule has 0 unspecified atom stereocenters. The Morgan fingerprint density at radius 3 is 2.31 bits per heavy atom. The number of nitrogens with zero attached hydrogens (tertiary/aromatic N) is 2. The summed E-state index contributed by atoms with van der Waals surface area (Å²) in [5.74, 6) is 1.72. The first-order chi connectivity index (χ1) is 13.1. The molecule has 2 aromatic rings. The van der Waals surface area contributed by atoms with Crippen molar-refractivity contribution in [2.45, 2.75) is 45.5 Å². The van der Waals surface area contributed by atoms with E-state index in [1.165, 1.54) is 12.1 Å². The van der Waals surface area contributed by atoms with Gasteiger partial charge in [0.1, 0.15) is 11.5 Å². The second-order valence-electron chi connectivity index (χ2n) is 7.16. The molecule has 0 saturated heterocycles. The third kappa shape index (κ3) is 8.92. The number of rotatable bonds is 6. The van der Waals surface area contributed by atoms with E-state index in [-0.39, 0.29) is 35.1 Å². The molecule has 0 saturated carbocycles. The molecule has 2 N–H and O–H groups in total. The second kappa shape index (κ2) is 10.7. The Morgan fingerprint density at radius 1 is 1.14 bits per heavy atom. The number of halogens is 4. The molecule has 0 fully saturated rings. The molecular formula is C19H26F3IN4O2. The van der Waals surface area contributed by atoms with Crippen LogP contribution in [0.1, 0.15) is 38.0 Å². The maximum absolute atomic E-state index is 12.2. The fraction of sp³-hybridized carbons (Fsp3) is 0.474. The van der Waals surface area contributed by atoms with Gasteiger partial charge in [0.25, 0.3) is 0 Å². The molecule has 2 rings (SSSR count). The van der Waals surface area contributed by atoms with Crippen molar-refractivity contribution < 1.29 is 22.3 Å². The van der Waals surface area contributed by atoms with Gasteiger partial charge in [-0.1, -0.05) is 32.9 Å². The van der Waals surface area contributed by atoms with Crippen molar-refractivity contribution in [2.24, 2.45) is 4.99 Å². The minimum Gasteiger partial charge on any atom is -0.443 e. The minimum atomic E-state index is -4.68. The highest BCUT2D eigenvalue weighted by Crippen LogP contribution is 2.23. The summed E-state index contributed by atoms with van der Waals surface area (Å²) in [6.45, 7) is 7.09. The molecule has 162 valence electrons. The van der Waals surface area contributed by atoms with Gasteiger partial charge < -0.3 is 19.8 Å². The highest BCUT2D eigenvalue weighted by Gasteiger charge is 2.30. The van der Waals surface area contributed by atoms with E-state index in [4.69, 9.17) is 4.42 Å². The van der Waals surface area contributed by atoms with Crippen LogP contribution in [-0.2, 0) is 18.4 Å². The average Bonchev–Trinajstić information content (AvgIpc) is 3.07. The molecule has 0 aliphatic carbocycles. The number of benzene rings is 1. The Hall–Kier alpha value is -1.98. The standard InChI is InChI=1S/C19H25F3N4O2.HI/c1-18(2,3)15-11-25-16(27-15)12-26-17(23-4)24-10-9-13-5-7-14(8-6-13)28-19(20,21)22;/h5-8,11H,9-10,12H2,1-4H3,(H2,23,24,26);1H. The molecule has 29 heavy (non-hydrogen) atoms. The molecule has 10 heteroatoms. The third-order valence-corrected chi connectivity index (χ3v) is 3.79. The Kier molecular flexibility index (Phi) is 9.24. The molecule has 0 aliphatic rings. The first-order valence-electron chi connectivity index (χ1n) is 8.81. The van der Waals surface area contributed by atoms with E-state index in [0.717, 1.165) is 11.3 Å². The van der Waals surface area contributed by atoms with Crippen LogP contribution in [0.3, 0.4) is 0 Å². The van der Waals surface area contributed by atoms with Gasteiger partial charge in [-0.3, -0.25) is 4.99 Å². The first-order valence-corrected chi connectivity index (χ1v) is 8.81. The van der Waals surface area contributed by atoms with E-state index in [1.807, 2.05) is 20.8 Å². The van der Waals surface area contributed by atoms with Crippen molar-refractivity contribution in [1.29, 1.82) is 0 Å². The van der Waals surface area contributed by atoms with Gasteiger partial charge >= 0.3 is 6.36 Å². The fourth-order valence-electron chi connectivity index (χ4n) is 2.30. The van der Waals surface area contributed by atoms with Crippen LogP contribution in [0.5, 0.6) is 5.75 Å². The number of alkyl halides is 3. The zero-order valence-corrected chi connectivity index (χ0v) is 19.1. The summed E-state index contributed by atoms with van der Waals surface area (Å²) in [5.41, 5.74) is 0.770. The Balaban J connectivity index is 0.00000420. The van der Waals surface area contributed by atoms with Crippen molar-refractivity contribution in [2.75, 3.05) is 13.6 Å². The van der Waals surface area contributed by atoms with Gasteiger partial charge in [0.2, 0.25) is 5.89 Å². The smallest absolute Gasteiger partial charge is 0.443 e. The Labute approximate surface area is 185 Å². The normalized spacial score (nSPS) is 12.3. The summed E-state index contributed by atoms with van der Waals surface area (Å²) in [5, 5.41) is 6.25. The van der Waals surface area contributed by atoms with Gasteiger partial charge in [0.15, 0.2) is 5.96 Å². The lowest BCUT2D eigenvalue weighted by Crippen LogP contribution is -2.37. The molecule has 1 heterocycles. The van der Waals surface area contributed by atoms with Crippen LogP contribution in [0.2, 0.25) is 0 Å². The van der Waals surface area contributed by atoms with Gasteiger partial charge in [0.05, 0.1) is 12.7 Å². The van der Waals surface area contributed by atoms with E-state index < -0.39 is 6.36 Å². The molecule has 1 aromatic heterocycles. The third-order valence-electron chi connectivity index (χ3n) is 3.79. The summed E-state index contributed by atoms with van der Waals surface area (Å²) < 4.78 is 46.1. The van der Waals surface area contributed by atoms with Crippen molar-refractivity contribution >= 4 is 29.9 Å². The summed E-state index contributed by atoms with van der Waals surface area (Å²) in [4.78, 5) is 8.37. The number of hydrogen-bond acceptors (Lipinski definition) is 4. The number of oxazole rings is 1. The first kappa shape index (κ1) is 25.1. The average molecular weight is 526 g/mol. The van der Waals surface area contributed by atoms with E-state index in [9.17, 15) is 13.2 Å². The summed E-state index contributed by atoms with van der Waals surface area (Å²) in [7, 11) is 1.65. The molecule has 0 bridgehead atoms. The van der Waals surface area contributed by atoms with E-state index >= 15 is 0 Å². The lowest BCUT2D eigenvalue weighted by Gasteiger charge is -2.13. The maximum Gasteiger partial charge on any atom is 0.573 e. The zero-order valence-electron chi connectivity index (χ0n) is 16.8. The lowest BCUT2D eigenvalue weighted by molar-refractivity contribution is -0.274. The van der Waals surface area contributed by atoms with Crippen LogP contribution in [0.4, 0.5) is 13.2 Å². The molecule has 0 radical (unpaired) electrons. The molecule has 1 aromatic carbocycles. The van der Waals surface area contributed by atoms with Crippen LogP contribution >= 0.6 is 24.0 Å². The molecule has 0 aliphatic heterocycles. The largest absolute Gasteiger partial charge is 0.573 e. The van der Waals surface area contributed by atoms with Crippen LogP contribution in [0, 0.1) is 0 Å². The molecule has 6 nitrogen and oxygen atoms in total. The molecular weight excluding hydrogens is 500 g/mol. The monoisotopic (exact) mass is 526 g/mol. The predicted octanol–water partition coefficient (Wildman–Crippen LogP) is 4.40.